The first-order chi connectivity index (χ1) is 6.65. The van der Waals surface area contributed by atoms with Crippen LogP contribution in [-0.4, -0.2) is 43.4 Å². The smallest absolute Gasteiger partial charge is 0.146 e. The molecule has 0 aromatic heterocycles. The summed E-state index contributed by atoms with van der Waals surface area (Å²) in [7, 11) is 2.15. The van der Waals surface area contributed by atoms with Crippen LogP contribution in [0.4, 0.5) is 0 Å². The van der Waals surface area contributed by atoms with Crippen molar-refractivity contribution in [1.82, 2.24) is 10.2 Å². The third kappa shape index (κ3) is 3.07. The summed E-state index contributed by atoms with van der Waals surface area (Å²) in [6.07, 6.45) is 2.29. The molecule has 0 aromatic rings. The highest BCUT2D eigenvalue weighted by atomic mass is 16.1. The van der Waals surface area contributed by atoms with Gasteiger partial charge in [0.15, 0.2) is 0 Å². The highest BCUT2D eigenvalue weighted by Crippen LogP contribution is 2.20. The van der Waals surface area contributed by atoms with Crippen molar-refractivity contribution in [3.8, 4) is 0 Å². The van der Waals surface area contributed by atoms with Crippen molar-refractivity contribution in [3.63, 3.8) is 0 Å². The summed E-state index contributed by atoms with van der Waals surface area (Å²) in [4.78, 5) is 13.8. The Labute approximate surface area is 86.9 Å². The van der Waals surface area contributed by atoms with E-state index in [9.17, 15) is 4.79 Å². The summed E-state index contributed by atoms with van der Waals surface area (Å²) in [5, 5.41) is 3.30. The topological polar surface area (TPSA) is 32.3 Å². The second-order valence-corrected chi connectivity index (χ2v) is 4.29. The molecular formula is C11H22N2O. The van der Waals surface area contributed by atoms with Crippen LogP contribution in [0, 0.1) is 5.92 Å². The van der Waals surface area contributed by atoms with Crippen molar-refractivity contribution >= 4 is 5.78 Å². The molecule has 0 radical (unpaired) electrons. The third-order valence-corrected chi connectivity index (χ3v) is 3.10. The van der Waals surface area contributed by atoms with Crippen LogP contribution in [0.5, 0.6) is 0 Å². The highest BCUT2D eigenvalue weighted by Gasteiger charge is 2.27. The van der Waals surface area contributed by atoms with Gasteiger partial charge in [-0.2, -0.15) is 0 Å². The monoisotopic (exact) mass is 198 g/mol. The predicted molar refractivity (Wildman–Crippen MR) is 58.4 cm³/mol. The Kier molecular flexibility index (Phi) is 4.55. The average molecular weight is 198 g/mol. The van der Waals surface area contributed by atoms with Gasteiger partial charge in [0.05, 0.1) is 6.04 Å². The lowest BCUT2D eigenvalue weighted by Gasteiger charge is -2.33. The van der Waals surface area contributed by atoms with E-state index in [1.807, 2.05) is 0 Å². The molecule has 82 valence electrons. The number of carbonyl (C=O) groups is 1. The number of Topliss-reactive ketones (excluding diaryl/α,β-unsaturated/α-hetero) is 1. The molecule has 1 fully saturated rings. The lowest BCUT2D eigenvalue weighted by atomic mass is 9.87. The van der Waals surface area contributed by atoms with Crippen molar-refractivity contribution in [1.29, 1.82) is 0 Å². The number of hydrogen-bond donors (Lipinski definition) is 1. The molecule has 3 nitrogen and oxygen atoms in total. The molecule has 1 atom stereocenters. The van der Waals surface area contributed by atoms with Crippen molar-refractivity contribution in [2.24, 2.45) is 5.92 Å². The van der Waals surface area contributed by atoms with E-state index in [2.05, 4.69) is 24.2 Å². The number of piperidine rings is 1. The van der Waals surface area contributed by atoms with Crippen LogP contribution in [0.15, 0.2) is 0 Å². The predicted octanol–water partition coefficient (Wildman–Crippen LogP) is 0.895. The summed E-state index contributed by atoms with van der Waals surface area (Å²) >= 11 is 0. The average Bonchev–Trinajstić information content (AvgIpc) is 2.15. The Bertz CT molecular complexity index is 186. The van der Waals surface area contributed by atoms with Gasteiger partial charge in [-0.25, -0.2) is 0 Å². The summed E-state index contributed by atoms with van der Waals surface area (Å²) < 4.78 is 0. The van der Waals surface area contributed by atoms with Crippen LogP contribution in [0.25, 0.3) is 0 Å². The minimum absolute atomic E-state index is 0.0914. The van der Waals surface area contributed by atoms with Gasteiger partial charge in [0.2, 0.25) is 0 Å². The minimum Gasteiger partial charge on any atom is -0.308 e. The van der Waals surface area contributed by atoms with Gasteiger partial charge in [-0.3, -0.25) is 4.79 Å². The van der Waals surface area contributed by atoms with Crippen LogP contribution in [0.2, 0.25) is 0 Å². The number of carbonyl (C=O) groups excluding carboxylic acids is 1. The van der Waals surface area contributed by atoms with Gasteiger partial charge in [0.1, 0.15) is 5.78 Å². The molecule has 1 saturated heterocycles. The number of nitrogens with zero attached hydrogens (tertiary/aromatic N) is 1. The zero-order valence-corrected chi connectivity index (χ0v) is 9.55. The number of likely N-dealkylation sites (tertiary alicyclic amines) is 1. The maximum absolute atomic E-state index is 11.4. The first kappa shape index (κ1) is 11.7. The van der Waals surface area contributed by atoms with Crippen LogP contribution in [0.1, 0.15) is 26.7 Å². The second kappa shape index (κ2) is 5.47. The highest BCUT2D eigenvalue weighted by molar-refractivity contribution is 5.81. The fourth-order valence-electron chi connectivity index (χ4n) is 2.22. The van der Waals surface area contributed by atoms with E-state index in [0.29, 0.717) is 11.7 Å². The number of rotatable bonds is 4. The molecule has 1 N–H and O–H groups in total. The van der Waals surface area contributed by atoms with Crippen molar-refractivity contribution in [2.75, 3.05) is 26.7 Å². The normalized spacial score (nSPS) is 22.2. The zero-order chi connectivity index (χ0) is 10.6. The largest absolute Gasteiger partial charge is 0.308 e. The van der Waals surface area contributed by atoms with Crippen LogP contribution >= 0.6 is 0 Å². The Morgan fingerprint density at radius 3 is 2.50 bits per heavy atom. The summed E-state index contributed by atoms with van der Waals surface area (Å²) in [6, 6.07) is 0.0914. The fraction of sp³-hybridized carbons (Fsp3) is 0.909. The van der Waals surface area contributed by atoms with Gasteiger partial charge in [-0.05, 0) is 52.4 Å². The lowest BCUT2D eigenvalue weighted by Crippen LogP contribution is -2.46. The minimum atomic E-state index is 0.0914. The molecule has 0 bridgehead atoms. The van der Waals surface area contributed by atoms with Gasteiger partial charge >= 0.3 is 0 Å². The van der Waals surface area contributed by atoms with E-state index in [-0.39, 0.29) is 6.04 Å². The van der Waals surface area contributed by atoms with E-state index in [0.717, 1.165) is 32.5 Å². The van der Waals surface area contributed by atoms with Crippen molar-refractivity contribution in [2.45, 2.75) is 32.7 Å². The Morgan fingerprint density at radius 2 is 2.07 bits per heavy atom. The molecule has 1 unspecified atom stereocenters. The van der Waals surface area contributed by atoms with Gasteiger partial charge in [0.25, 0.3) is 0 Å². The van der Waals surface area contributed by atoms with Crippen molar-refractivity contribution < 1.29 is 4.79 Å². The molecule has 0 saturated carbocycles. The fourth-order valence-corrected chi connectivity index (χ4v) is 2.22. The maximum Gasteiger partial charge on any atom is 0.146 e. The van der Waals surface area contributed by atoms with Crippen molar-refractivity contribution in [3.05, 3.63) is 0 Å². The van der Waals surface area contributed by atoms with E-state index in [1.54, 1.807) is 6.92 Å². The molecule has 0 amide bonds. The molecule has 1 rings (SSSR count). The number of ketones is 1. The molecule has 1 aliphatic heterocycles. The molecule has 0 spiro atoms. The Balaban J connectivity index is 2.47. The van der Waals surface area contributed by atoms with E-state index in [4.69, 9.17) is 0 Å². The van der Waals surface area contributed by atoms with Gasteiger partial charge in [-0.15, -0.1) is 0 Å². The molecule has 14 heavy (non-hydrogen) atoms. The Morgan fingerprint density at radius 1 is 1.50 bits per heavy atom. The molecule has 0 aromatic carbocycles. The van der Waals surface area contributed by atoms with Gasteiger partial charge in [0, 0.05) is 0 Å². The van der Waals surface area contributed by atoms with E-state index in [1.165, 1.54) is 0 Å². The first-order valence-electron chi connectivity index (χ1n) is 5.57. The number of likely N-dealkylation sites (N-methyl/N-ethyl adjacent to an activating group) is 1. The van der Waals surface area contributed by atoms with E-state index >= 15 is 0 Å². The molecule has 1 aliphatic rings. The number of hydrogen-bond acceptors (Lipinski definition) is 3. The van der Waals surface area contributed by atoms with E-state index < -0.39 is 0 Å². The zero-order valence-electron chi connectivity index (χ0n) is 9.55. The van der Waals surface area contributed by atoms with Crippen LogP contribution in [-0.2, 0) is 4.79 Å². The van der Waals surface area contributed by atoms with Gasteiger partial charge in [-0.1, -0.05) is 6.92 Å². The van der Waals surface area contributed by atoms with Crippen LogP contribution in [0.3, 0.4) is 0 Å². The molecule has 1 heterocycles. The number of nitrogens with one attached hydrogen (secondary N) is 1. The SMILES string of the molecule is CCNC(C(C)=O)C1CCN(C)CC1. The first-order valence-corrected chi connectivity index (χ1v) is 5.57. The maximum atomic E-state index is 11.4. The third-order valence-electron chi connectivity index (χ3n) is 3.10. The van der Waals surface area contributed by atoms with Gasteiger partial charge < -0.3 is 10.2 Å². The second-order valence-electron chi connectivity index (χ2n) is 4.29. The Hall–Kier alpha value is -0.410. The standard InChI is InChI=1S/C11H22N2O/c1-4-12-11(9(2)14)10-5-7-13(3)8-6-10/h10-12H,4-8H2,1-3H3. The molecule has 3 heteroatoms. The quantitative estimate of drug-likeness (QED) is 0.728. The molecule has 0 aliphatic carbocycles. The molecular weight excluding hydrogens is 176 g/mol. The lowest BCUT2D eigenvalue weighted by molar-refractivity contribution is -0.120. The summed E-state index contributed by atoms with van der Waals surface area (Å²) in [5.41, 5.74) is 0. The van der Waals surface area contributed by atoms with Crippen LogP contribution < -0.4 is 5.32 Å². The summed E-state index contributed by atoms with van der Waals surface area (Å²) in [6.45, 7) is 6.90. The summed E-state index contributed by atoms with van der Waals surface area (Å²) in [5.74, 6) is 0.838.